The third-order valence-corrected chi connectivity index (χ3v) is 6.64. The fraction of sp³-hybridized carbons (Fsp3) is 0.241. The zero-order chi connectivity index (χ0) is 25.9. The topological polar surface area (TPSA) is 104 Å². The van der Waals surface area contributed by atoms with Gasteiger partial charge in [-0.05, 0) is 66.8 Å². The number of carboxylic acids is 1. The van der Waals surface area contributed by atoms with Crippen LogP contribution in [0.2, 0.25) is 5.02 Å². The molecule has 6 nitrogen and oxygen atoms in total. The van der Waals surface area contributed by atoms with Crippen molar-refractivity contribution in [2.24, 2.45) is 5.73 Å². The molecule has 3 aromatic carbocycles. The molecule has 0 bridgehead atoms. The maximum atomic E-state index is 13.2. The number of hydrogen-bond acceptors (Lipinski definition) is 4. The summed E-state index contributed by atoms with van der Waals surface area (Å²) in [5.74, 6) is -1.09. The first-order valence-corrected chi connectivity index (χ1v) is 12.4. The molecule has 186 valence electrons. The second-order valence-electron chi connectivity index (χ2n) is 9.36. The van der Waals surface area contributed by atoms with E-state index in [1.54, 1.807) is 12.1 Å². The summed E-state index contributed by atoms with van der Waals surface area (Å²) in [6, 6.07) is 20.8. The molecule has 0 saturated heterocycles. The first-order chi connectivity index (χ1) is 17.2. The Morgan fingerprint density at radius 3 is 2.56 bits per heavy atom. The Kier molecular flexibility index (Phi) is 7.48. The van der Waals surface area contributed by atoms with Crippen molar-refractivity contribution in [2.45, 2.75) is 45.1 Å². The van der Waals surface area contributed by atoms with Crippen LogP contribution in [0.1, 0.15) is 55.4 Å². The summed E-state index contributed by atoms with van der Waals surface area (Å²) < 4.78 is 0. The number of carboxylic acid groups (broad SMARTS) is 1. The number of nitrogens with one attached hydrogen (secondary N) is 2. The minimum absolute atomic E-state index is 0.0294. The number of fused-ring (bicyclic) bond motifs is 1. The molecule has 0 spiro atoms. The number of carbonyl (C=O) groups is 2. The molecule has 1 atom stereocenters. The van der Waals surface area contributed by atoms with Crippen molar-refractivity contribution in [1.82, 2.24) is 0 Å². The van der Waals surface area contributed by atoms with Crippen LogP contribution >= 0.6 is 11.6 Å². The largest absolute Gasteiger partial charge is 0.481 e. The molecule has 1 amide bonds. The molecule has 1 aliphatic heterocycles. The van der Waals surface area contributed by atoms with Crippen molar-refractivity contribution in [3.8, 4) is 0 Å². The molecule has 4 rings (SSSR count). The highest BCUT2D eigenvalue weighted by Gasteiger charge is 2.29. The van der Waals surface area contributed by atoms with Crippen LogP contribution in [-0.2, 0) is 21.5 Å². The number of benzene rings is 3. The molecular formula is C29H30ClN3O3. The summed E-state index contributed by atoms with van der Waals surface area (Å²) in [7, 11) is 0. The van der Waals surface area contributed by atoms with Crippen LogP contribution in [-0.4, -0.2) is 17.0 Å². The standard InChI is InChI=1S/C29H30ClN3O3/c1-3-15-29(2,31)20-8-11-22(12-9-20)32-27(19-6-4-5-18(16-19)7-14-25(34)35)26-23-13-10-21(30)17-24(23)33-28(26)36/h4-6,8-13,16-17,32H,3,7,14-15,31H2,1-2H3,(H,33,36)(H,34,35)/b27-26-. The van der Waals surface area contributed by atoms with Crippen molar-refractivity contribution < 1.29 is 14.7 Å². The van der Waals surface area contributed by atoms with Crippen molar-refractivity contribution in [3.05, 3.63) is 94.0 Å². The van der Waals surface area contributed by atoms with Crippen LogP contribution in [0.15, 0.2) is 66.7 Å². The van der Waals surface area contributed by atoms with E-state index in [0.717, 1.165) is 40.8 Å². The van der Waals surface area contributed by atoms with Gasteiger partial charge < -0.3 is 21.5 Å². The van der Waals surface area contributed by atoms with Gasteiger partial charge in [0.25, 0.3) is 5.91 Å². The van der Waals surface area contributed by atoms with Gasteiger partial charge in [0.2, 0.25) is 0 Å². The summed E-state index contributed by atoms with van der Waals surface area (Å²) in [5.41, 5.74) is 12.1. The van der Waals surface area contributed by atoms with Gasteiger partial charge in [-0.15, -0.1) is 0 Å². The smallest absolute Gasteiger partial charge is 0.303 e. The Hall–Kier alpha value is -3.61. The van der Waals surface area contributed by atoms with E-state index >= 15 is 0 Å². The molecule has 0 radical (unpaired) electrons. The summed E-state index contributed by atoms with van der Waals surface area (Å²) in [6.07, 6.45) is 2.28. The third-order valence-electron chi connectivity index (χ3n) is 6.40. The molecule has 3 aromatic rings. The van der Waals surface area contributed by atoms with Crippen LogP contribution in [0, 0.1) is 0 Å². The van der Waals surface area contributed by atoms with Gasteiger partial charge in [-0.1, -0.05) is 61.3 Å². The molecule has 1 unspecified atom stereocenters. The number of hydrogen-bond donors (Lipinski definition) is 4. The van der Waals surface area contributed by atoms with E-state index < -0.39 is 11.5 Å². The number of halogens is 1. The van der Waals surface area contributed by atoms with Crippen molar-refractivity contribution >= 4 is 46.1 Å². The summed E-state index contributed by atoms with van der Waals surface area (Å²) in [5, 5.41) is 16.0. The van der Waals surface area contributed by atoms with Crippen molar-refractivity contribution in [2.75, 3.05) is 10.6 Å². The van der Waals surface area contributed by atoms with E-state index in [1.165, 1.54) is 0 Å². The monoisotopic (exact) mass is 503 g/mol. The fourth-order valence-electron chi connectivity index (χ4n) is 4.55. The van der Waals surface area contributed by atoms with E-state index in [9.17, 15) is 9.59 Å². The molecule has 7 heteroatoms. The Morgan fingerprint density at radius 2 is 1.86 bits per heavy atom. The minimum atomic E-state index is -0.854. The lowest BCUT2D eigenvalue weighted by atomic mass is 9.88. The Bertz CT molecular complexity index is 1330. The lowest BCUT2D eigenvalue weighted by Crippen LogP contribution is -2.32. The van der Waals surface area contributed by atoms with Crippen LogP contribution in [0.25, 0.3) is 11.3 Å². The third kappa shape index (κ3) is 5.61. The first kappa shape index (κ1) is 25.5. The number of aryl methyl sites for hydroxylation is 1. The second-order valence-corrected chi connectivity index (χ2v) is 9.79. The molecule has 0 fully saturated rings. The SMILES string of the molecule is CCCC(C)(N)c1ccc(N/C(=C2\C(=O)Nc3cc(Cl)ccc32)c2cccc(CCC(=O)O)c2)cc1. The zero-order valence-electron chi connectivity index (χ0n) is 20.4. The highest BCUT2D eigenvalue weighted by Crippen LogP contribution is 2.39. The number of amides is 1. The molecule has 5 N–H and O–H groups in total. The molecule has 1 heterocycles. The van der Waals surface area contributed by atoms with Crippen LogP contribution in [0.5, 0.6) is 0 Å². The van der Waals surface area contributed by atoms with E-state index in [2.05, 4.69) is 17.6 Å². The Labute approximate surface area is 216 Å². The van der Waals surface area contributed by atoms with Gasteiger partial charge in [0.15, 0.2) is 0 Å². The van der Waals surface area contributed by atoms with Gasteiger partial charge in [-0.2, -0.15) is 0 Å². The Morgan fingerprint density at radius 1 is 1.11 bits per heavy atom. The highest BCUT2D eigenvalue weighted by atomic mass is 35.5. The highest BCUT2D eigenvalue weighted by molar-refractivity contribution is 6.38. The number of aliphatic carboxylic acids is 1. The van der Waals surface area contributed by atoms with E-state index in [-0.39, 0.29) is 12.3 Å². The van der Waals surface area contributed by atoms with Crippen molar-refractivity contribution in [3.63, 3.8) is 0 Å². The second kappa shape index (κ2) is 10.6. The van der Waals surface area contributed by atoms with E-state index in [0.29, 0.717) is 28.4 Å². The van der Waals surface area contributed by atoms with Crippen LogP contribution < -0.4 is 16.4 Å². The predicted molar refractivity (Wildman–Crippen MR) is 146 cm³/mol. The fourth-order valence-corrected chi connectivity index (χ4v) is 4.72. The van der Waals surface area contributed by atoms with Crippen molar-refractivity contribution in [1.29, 1.82) is 0 Å². The lowest BCUT2D eigenvalue weighted by molar-refractivity contribution is -0.137. The molecule has 0 aromatic heterocycles. The summed E-state index contributed by atoms with van der Waals surface area (Å²) in [6.45, 7) is 4.14. The zero-order valence-corrected chi connectivity index (χ0v) is 21.2. The van der Waals surface area contributed by atoms with Gasteiger partial charge in [-0.3, -0.25) is 9.59 Å². The van der Waals surface area contributed by atoms with E-state index in [4.69, 9.17) is 22.4 Å². The predicted octanol–water partition coefficient (Wildman–Crippen LogP) is 6.26. The Balaban J connectivity index is 1.78. The van der Waals surface area contributed by atoms with Crippen LogP contribution in [0.4, 0.5) is 11.4 Å². The lowest BCUT2D eigenvalue weighted by Gasteiger charge is -2.25. The normalized spacial score (nSPS) is 15.6. The number of carbonyl (C=O) groups excluding carboxylic acids is 1. The van der Waals surface area contributed by atoms with Gasteiger partial charge in [-0.25, -0.2) is 0 Å². The average Bonchev–Trinajstić information content (AvgIpc) is 3.16. The van der Waals surface area contributed by atoms with Gasteiger partial charge >= 0.3 is 5.97 Å². The molecule has 0 aliphatic carbocycles. The first-order valence-electron chi connectivity index (χ1n) is 12.0. The molecular weight excluding hydrogens is 474 g/mol. The number of rotatable bonds is 9. The summed E-state index contributed by atoms with van der Waals surface area (Å²) in [4.78, 5) is 24.3. The number of nitrogens with two attached hydrogens (primary N) is 1. The molecule has 1 aliphatic rings. The average molecular weight is 504 g/mol. The number of anilines is 2. The maximum Gasteiger partial charge on any atom is 0.303 e. The minimum Gasteiger partial charge on any atom is -0.481 e. The molecule has 0 saturated carbocycles. The van der Waals surface area contributed by atoms with Gasteiger partial charge in [0.1, 0.15) is 0 Å². The van der Waals surface area contributed by atoms with Crippen LogP contribution in [0.3, 0.4) is 0 Å². The van der Waals surface area contributed by atoms with Gasteiger partial charge in [0.05, 0.1) is 17.0 Å². The maximum absolute atomic E-state index is 13.2. The molecule has 36 heavy (non-hydrogen) atoms. The van der Waals surface area contributed by atoms with E-state index in [1.807, 2.05) is 61.5 Å². The quantitative estimate of drug-likeness (QED) is 0.258. The summed E-state index contributed by atoms with van der Waals surface area (Å²) >= 11 is 6.16. The van der Waals surface area contributed by atoms with Gasteiger partial charge in [0, 0.05) is 28.2 Å².